The summed E-state index contributed by atoms with van der Waals surface area (Å²) >= 11 is 0. The fraction of sp³-hybridized carbons (Fsp3) is 0.333. The molecule has 0 aliphatic rings. The Morgan fingerprint density at radius 2 is 1.95 bits per heavy atom. The fourth-order valence-electron chi connectivity index (χ4n) is 1.91. The summed E-state index contributed by atoms with van der Waals surface area (Å²) in [6.45, 7) is 8.45. The lowest BCUT2D eigenvalue weighted by Gasteiger charge is -2.17. The summed E-state index contributed by atoms with van der Waals surface area (Å²) in [4.78, 5) is 16.2. The molecule has 1 amide bonds. The first kappa shape index (κ1) is 16.0. The van der Waals surface area contributed by atoms with Gasteiger partial charge in [-0.15, -0.1) is 0 Å². The molecule has 2 rings (SSSR count). The summed E-state index contributed by atoms with van der Waals surface area (Å²) < 4.78 is 0. The van der Waals surface area contributed by atoms with Crippen molar-refractivity contribution in [2.75, 3.05) is 10.6 Å². The maximum Gasteiger partial charge on any atom is 0.229 e. The van der Waals surface area contributed by atoms with Crippen LogP contribution < -0.4 is 10.6 Å². The van der Waals surface area contributed by atoms with E-state index in [1.807, 2.05) is 39.0 Å². The first-order valence-electron chi connectivity index (χ1n) is 7.41. The Kier molecular flexibility index (Phi) is 4.81. The largest absolute Gasteiger partial charge is 0.366 e. The van der Waals surface area contributed by atoms with Crippen molar-refractivity contribution in [2.24, 2.45) is 5.41 Å². The van der Waals surface area contributed by atoms with Crippen molar-refractivity contribution < 1.29 is 4.79 Å². The lowest BCUT2D eigenvalue weighted by Crippen LogP contribution is -2.27. The molecule has 0 unspecified atom stereocenters. The van der Waals surface area contributed by atoms with Crippen LogP contribution in [0.3, 0.4) is 0 Å². The molecule has 1 aromatic carbocycles. The molecule has 0 saturated carbocycles. The van der Waals surface area contributed by atoms with E-state index in [2.05, 4.69) is 40.7 Å². The van der Waals surface area contributed by atoms with Crippen molar-refractivity contribution in [3.63, 3.8) is 0 Å². The van der Waals surface area contributed by atoms with Crippen LogP contribution in [0.2, 0.25) is 0 Å². The number of aromatic nitrogens is 1. The molecule has 4 nitrogen and oxygen atoms in total. The predicted molar refractivity (Wildman–Crippen MR) is 90.8 cm³/mol. The number of rotatable bonds is 4. The van der Waals surface area contributed by atoms with Gasteiger partial charge >= 0.3 is 0 Å². The summed E-state index contributed by atoms with van der Waals surface area (Å²) in [6, 6.07) is 12.1. The van der Waals surface area contributed by atoms with E-state index in [9.17, 15) is 4.79 Å². The van der Waals surface area contributed by atoms with Crippen LogP contribution in [0.5, 0.6) is 0 Å². The molecule has 2 N–H and O–H groups in total. The van der Waals surface area contributed by atoms with Gasteiger partial charge in [-0.3, -0.25) is 4.79 Å². The number of anilines is 2. The van der Waals surface area contributed by atoms with Gasteiger partial charge < -0.3 is 10.6 Å². The first-order chi connectivity index (χ1) is 10.3. The molecule has 2 aromatic rings. The van der Waals surface area contributed by atoms with Gasteiger partial charge in [0.1, 0.15) is 5.82 Å². The summed E-state index contributed by atoms with van der Waals surface area (Å²) in [7, 11) is 0. The van der Waals surface area contributed by atoms with Crippen LogP contribution >= 0.6 is 0 Å². The van der Waals surface area contributed by atoms with Crippen molar-refractivity contribution in [1.82, 2.24) is 4.98 Å². The number of hydrogen-bond donors (Lipinski definition) is 2. The Labute approximate surface area is 132 Å². The lowest BCUT2D eigenvalue weighted by molar-refractivity contribution is -0.123. The second-order valence-corrected chi connectivity index (χ2v) is 6.48. The number of carbonyl (C=O) groups excluding carboxylic acids is 1. The van der Waals surface area contributed by atoms with Gasteiger partial charge in [0.05, 0.1) is 11.9 Å². The third-order valence-corrected chi connectivity index (χ3v) is 3.26. The zero-order valence-electron chi connectivity index (χ0n) is 13.6. The van der Waals surface area contributed by atoms with E-state index in [0.29, 0.717) is 5.69 Å². The van der Waals surface area contributed by atoms with Gasteiger partial charge in [-0.05, 0) is 24.6 Å². The number of amides is 1. The van der Waals surface area contributed by atoms with E-state index in [-0.39, 0.29) is 5.91 Å². The van der Waals surface area contributed by atoms with Crippen molar-refractivity contribution in [2.45, 2.75) is 34.2 Å². The van der Waals surface area contributed by atoms with E-state index in [1.54, 1.807) is 6.20 Å². The Balaban J connectivity index is 1.93. The van der Waals surface area contributed by atoms with Crippen LogP contribution in [0.15, 0.2) is 42.6 Å². The molecule has 0 bridgehead atoms. The standard InChI is InChI=1S/C18H23N3O/c1-13-6-5-7-14(10-13)11-19-16-9-8-15(12-20-16)21-17(22)18(2,3)4/h5-10,12H,11H2,1-4H3,(H,19,20)(H,21,22). The van der Waals surface area contributed by atoms with Crippen molar-refractivity contribution in [3.8, 4) is 0 Å². The summed E-state index contributed by atoms with van der Waals surface area (Å²) in [5, 5.41) is 6.14. The number of nitrogens with zero attached hydrogens (tertiary/aromatic N) is 1. The minimum atomic E-state index is -0.415. The van der Waals surface area contributed by atoms with E-state index >= 15 is 0 Å². The highest BCUT2D eigenvalue weighted by Gasteiger charge is 2.21. The quantitative estimate of drug-likeness (QED) is 0.897. The van der Waals surface area contributed by atoms with E-state index in [4.69, 9.17) is 0 Å². The van der Waals surface area contributed by atoms with Crippen LogP contribution in [-0.2, 0) is 11.3 Å². The Bertz CT molecular complexity index is 642. The van der Waals surface area contributed by atoms with Gasteiger partial charge in [0, 0.05) is 12.0 Å². The Morgan fingerprint density at radius 3 is 2.55 bits per heavy atom. The molecular formula is C18H23N3O. The molecule has 1 heterocycles. The van der Waals surface area contributed by atoms with Gasteiger partial charge in [0.15, 0.2) is 0 Å². The highest BCUT2D eigenvalue weighted by atomic mass is 16.2. The zero-order chi connectivity index (χ0) is 16.2. The third kappa shape index (κ3) is 4.58. The monoisotopic (exact) mass is 297 g/mol. The predicted octanol–water partition coefficient (Wildman–Crippen LogP) is 3.99. The second-order valence-electron chi connectivity index (χ2n) is 6.48. The molecule has 4 heteroatoms. The Hall–Kier alpha value is -2.36. The van der Waals surface area contributed by atoms with Crippen LogP contribution in [0.25, 0.3) is 0 Å². The molecule has 0 fully saturated rings. The minimum absolute atomic E-state index is 0.0187. The minimum Gasteiger partial charge on any atom is -0.366 e. The van der Waals surface area contributed by atoms with Crippen molar-refractivity contribution >= 4 is 17.4 Å². The molecular weight excluding hydrogens is 274 g/mol. The highest BCUT2D eigenvalue weighted by Crippen LogP contribution is 2.18. The van der Waals surface area contributed by atoms with Gasteiger partial charge in [0.25, 0.3) is 0 Å². The van der Waals surface area contributed by atoms with Gasteiger partial charge in [-0.2, -0.15) is 0 Å². The maximum absolute atomic E-state index is 11.9. The van der Waals surface area contributed by atoms with Gasteiger partial charge in [-0.25, -0.2) is 4.98 Å². The molecule has 116 valence electrons. The molecule has 0 atom stereocenters. The second kappa shape index (κ2) is 6.60. The normalized spacial score (nSPS) is 11.1. The molecule has 0 saturated heterocycles. The van der Waals surface area contributed by atoms with E-state index in [1.165, 1.54) is 11.1 Å². The smallest absolute Gasteiger partial charge is 0.229 e. The molecule has 1 aromatic heterocycles. The average molecular weight is 297 g/mol. The number of nitrogens with one attached hydrogen (secondary N) is 2. The van der Waals surface area contributed by atoms with Crippen LogP contribution in [-0.4, -0.2) is 10.9 Å². The number of pyridine rings is 1. The fourth-order valence-corrected chi connectivity index (χ4v) is 1.91. The molecule has 0 aliphatic carbocycles. The van der Waals surface area contributed by atoms with E-state index < -0.39 is 5.41 Å². The highest BCUT2D eigenvalue weighted by molar-refractivity contribution is 5.94. The van der Waals surface area contributed by atoms with Gasteiger partial charge in [0.2, 0.25) is 5.91 Å². The third-order valence-electron chi connectivity index (χ3n) is 3.26. The SMILES string of the molecule is Cc1cccc(CNc2ccc(NC(=O)C(C)(C)C)cn2)c1. The van der Waals surface area contributed by atoms with E-state index in [0.717, 1.165) is 12.4 Å². The average Bonchev–Trinajstić information content (AvgIpc) is 2.45. The number of benzene rings is 1. The molecule has 0 spiro atoms. The summed E-state index contributed by atoms with van der Waals surface area (Å²) in [6.07, 6.45) is 1.67. The topological polar surface area (TPSA) is 54.0 Å². The lowest BCUT2D eigenvalue weighted by atomic mass is 9.96. The van der Waals surface area contributed by atoms with Crippen molar-refractivity contribution in [3.05, 3.63) is 53.7 Å². The van der Waals surface area contributed by atoms with Crippen LogP contribution in [0.1, 0.15) is 31.9 Å². The molecule has 0 aliphatic heterocycles. The number of hydrogen-bond acceptors (Lipinski definition) is 3. The summed E-state index contributed by atoms with van der Waals surface area (Å²) in [5.74, 6) is 0.769. The summed E-state index contributed by atoms with van der Waals surface area (Å²) in [5.41, 5.74) is 2.75. The molecule has 0 radical (unpaired) electrons. The number of carbonyl (C=O) groups is 1. The maximum atomic E-state index is 11.9. The van der Waals surface area contributed by atoms with Crippen LogP contribution in [0, 0.1) is 12.3 Å². The van der Waals surface area contributed by atoms with Crippen molar-refractivity contribution in [1.29, 1.82) is 0 Å². The zero-order valence-corrected chi connectivity index (χ0v) is 13.6. The number of aryl methyl sites for hydroxylation is 1. The first-order valence-corrected chi connectivity index (χ1v) is 7.41. The van der Waals surface area contributed by atoms with Crippen LogP contribution in [0.4, 0.5) is 11.5 Å². The van der Waals surface area contributed by atoms with Gasteiger partial charge in [-0.1, -0.05) is 50.6 Å². The Morgan fingerprint density at radius 1 is 1.18 bits per heavy atom. The molecule has 22 heavy (non-hydrogen) atoms.